The molecule has 0 aromatic heterocycles. The van der Waals surface area contributed by atoms with Crippen LogP contribution in [0, 0.1) is 11.3 Å². The Kier molecular flexibility index (Phi) is 5.04. The lowest BCUT2D eigenvalue weighted by Crippen LogP contribution is -2.34. The highest BCUT2D eigenvalue weighted by molar-refractivity contribution is 9.10. The molecule has 1 atom stereocenters. The van der Waals surface area contributed by atoms with Crippen LogP contribution in [-0.4, -0.2) is 12.6 Å². The first-order valence-corrected chi connectivity index (χ1v) is 8.06. The van der Waals surface area contributed by atoms with Gasteiger partial charge in [0.1, 0.15) is 0 Å². The molecule has 0 saturated heterocycles. The van der Waals surface area contributed by atoms with Crippen LogP contribution in [0.15, 0.2) is 47.0 Å². The highest BCUT2D eigenvalue weighted by Gasteiger charge is 2.36. The highest BCUT2D eigenvalue weighted by atomic mass is 79.9. The van der Waals surface area contributed by atoms with Crippen molar-refractivity contribution >= 4 is 27.5 Å². The fourth-order valence-corrected chi connectivity index (χ4v) is 2.74. The second kappa shape index (κ2) is 6.61. The molecule has 2 nitrogen and oxygen atoms in total. The van der Waals surface area contributed by atoms with E-state index in [9.17, 15) is 4.79 Å². The molecule has 112 valence electrons. The fourth-order valence-electron chi connectivity index (χ4n) is 2.48. The topological polar surface area (TPSA) is 26.3 Å². The highest BCUT2D eigenvalue weighted by Crippen LogP contribution is 2.37. The van der Waals surface area contributed by atoms with Gasteiger partial charge in [0.15, 0.2) is 0 Å². The van der Waals surface area contributed by atoms with E-state index in [0.717, 1.165) is 10.9 Å². The van der Waals surface area contributed by atoms with Gasteiger partial charge in [-0.1, -0.05) is 46.3 Å². The van der Waals surface area contributed by atoms with Crippen molar-refractivity contribution in [1.82, 2.24) is 0 Å². The largest absolute Gasteiger partial charge is 0.466 e. The number of esters is 1. The molecule has 1 unspecified atom stereocenters. The molecule has 0 aliphatic heterocycles. The predicted octanol–water partition coefficient (Wildman–Crippen LogP) is 5.00. The normalized spacial score (nSPS) is 18.3. The van der Waals surface area contributed by atoms with Crippen molar-refractivity contribution in [2.24, 2.45) is 11.3 Å². The molecule has 3 heteroatoms. The third-order valence-electron chi connectivity index (χ3n) is 4.01. The zero-order valence-corrected chi connectivity index (χ0v) is 14.3. The van der Waals surface area contributed by atoms with Crippen LogP contribution in [0.4, 0.5) is 0 Å². The van der Waals surface area contributed by atoms with E-state index in [1.54, 1.807) is 0 Å². The molecular weight excluding hydrogens is 328 g/mol. The van der Waals surface area contributed by atoms with Gasteiger partial charge in [0.25, 0.3) is 0 Å². The monoisotopic (exact) mass is 348 g/mol. The summed E-state index contributed by atoms with van der Waals surface area (Å²) in [7, 11) is 0. The van der Waals surface area contributed by atoms with E-state index in [-0.39, 0.29) is 11.9 Å². The number of halogens is 1. The number of benzene rings is 1. The van der Waals surface area contributed by atoms with Crippen LogP contribution in [0.2, 0.25) is 0 Å². The summed E-state index contributed by atoms with van der Waals surface area (Å²) in [5, 5.41) is 0. The van der Waals surface area contributed by atoms with Crippen molar-refractivity contribution in [2.45, 2.75) is 27.2 Å². The average molecular weight is 349 g/mol. The fraction of sp³-hybridized carbons (Fsp3) is 0.389. The van der Waals surface area contributed by atoms with E-state index in [4.69, 9.17) is 4.74 Å². The van der Waals surface area contributed by atoms with Gasteiger partial charge in [-0.25, -0.2) is 0 Å². The Hall–Kier alpha value is -1.35. The van der Waals surface area contributed by atoms with Gasteiger partial charge in [0.05, 0.1) is 12.0 Å². The number of carbonyl (C=O) groups excluding carboxylic acids is 1. The summed E-state index contributed by atoms with van der Waals surface area (Å²) in [6.07, 6.45) is 7.30. The lowest BCUT2D eigenvalue weighted by atomic mass is 9.74. The van der Waals surface area contributed by atoms with Crippen LogP contribution in [-0.2, 0) is 9.53 Å². The zero-order chi connectivity index (χ0) is 15.5. The first kappa shape index (κ1) is 16.0. The molecule has 0 saturated carbocycles. The summed E-state index contributed by atoms with van der Waals surface area (Å²) in [6.45, 7) is 6.19. The minimum atomic E-state index is -0.492. The van der Waals surface area contributed by atoms with Crippen LogP contribution in [0.25, 0.3) is 5.57 Å². The average Bonchev–Trinajstić information content (AvgIpc) is 2.48. The number of hydrogen-bond donors (Lipinski definition) is 0. The molecule has 21 heavy (non-hydrogen) atoms. The maximum Gasteiger partial charge on any atom is 0.312 e. The Morgan fingerprint density at radius 3 is 2.52 bits per heavy atom. The molecule has 0 fully saturated rings. The van der Waals surface area contributed by atoms with E-state index in [0.29, 0.717) is 6.61 Å². The molecule has 0 spiro atoms. The Morgan fingerprint density at radius 1 is 1.33 bits per heavy atom. The molecule has 2 rings (SSSR count). The van der Waals surface area contributed by atoms with Crippen LogP contribution in [0.3, 0.4) is 0 Å². The third-order valence-corrected chi connectivity index (χ3v) is 4.53. The molecule has 1 aromatic rings. The van der Waals surface area contributed by atoms with Crippen molar-refractivity contribution < 1.29 is 9.53 Å². The molecule has 0 amide bonds. The standard InChI is InChI=1S/C18H21BrO2/c1-4-21-17(20)18(2,3)15-9-5-13(6-10-15)14-7-11-16(19)12-8-14/h5-9,11-12,15H,4,10H2,1-3H3. The molecule has 0 heterocycles. The van der Waals surface area contributed by atoms with Gasteiger partial charge in [-0.15, -0.1) is 0 Å². The molecule has 1 aliphatic rings. The van der Waals surface area contributed by atoms with E-state index in [1.807, 2.05) is 32.9 Å². The minimum absolute atomic E-state index is 0.125. The third kappa shape index (κ3) is 3.65. The molecular formula is C18H21BrO2. The smallest absolute Gasteiger partial charge is 0.312 e. The van der Waals surface area contributed by atoms with Crippen molar-refractivity contribution in [1.29, 1.82) is 0 Å². The summed E-state index contributed by atoms with van der Waals surface area (Å²) >= 11 is 3.45. The lowest BCUT2D eigenvalue weighted by Gasteiger charge is -2.31. The number of allylic oxidation sites excluding steroid dienone is 4. The number of hydrogen-bond acceptors (Lipinski definition) is 2. The minimum Gasteiger partial charge on any atom is -0.466 e. The summed E-state index contributed by atoms with van der Waals surface area (Å²) in [5.41, 5.74) is 1.91. The summed E-state index contributed by atoms with van der Waals surface area (Å²) in [6, 6.07) is 8.27. The van der Waals surface area contributed by atoms with Crippen molar-refractivity contribution in [3.8, 4) is 0 Å². The van der Waals surface area contributed by atoms with Gasteiger partial charge in [-0.3, -0.25) is 4.79 Å². The summed E-state index contributed by atoms with van der Waals surface area (Å²) in [4.78, 5) is 12.1. The van der Waals surface area contributed by atoms with Gasteiger partial charge in [0.2, 0.25) is 0 Å². The van der Waals surface area contributed by atoms with Crippen molar-refractivity contribution in [3.05, 3.63) is 52.5 Å². The van der Waals surface area contributed by atoms with E-state index < -0.39 is 5.41 Å². The van der Waals surface area contributed by atoms with Crippen molar-refractivity contribution in [2.75, 3.05) is 6.61 Å². The molecule has 0 bridgehead atoms. The van der Waals surface area contributed by atoms with E-state index in [2.05, 4.69) is 46.3 Å². The predicted molar refractivity (Wildman–Crippen MR) is 89.8 cm³/mol. The van der Waals surface area contributed by atoms with Gasteiger partial charge >= 0.3 is 5.97 Å². The first-order chi connectivity index (χ1) is 9.95. The number of carbonyl (C=O) groups is 1. The van der Waals surface area contributed by atoms with Gasteiger partial charge in [-0.05, 0) is 56.4 Å². The summed E-state index contributed by atoms with van der Waals surface area (Å²) < 4.78 is 6.26. The van der Waals surface area contributed by atoms with Crippen LogP contribution >= 0.6 is 15.9 Å². The first-order valence-electron chi connectivity index (χ1n) is 7.26. The van der Waals surface area contributed by atoms with Crippen LogP contribution in [0.5, 0.6) is 0 Å². The SMILES string of the molecule is CCOC(=O)C(C)(C)C1C=CC(c2ccc(Br)cc2)=CC1. The quantitative estimate of drug-likeness (QED) is 0.715. The second-order valence-electron chi connectivity index (χ2n) is 5.81. The Morgan fingerprint density at radius 2 is 2.00 bits per heavy atom. The number of rotatable bonds is 4. The molecule has 1 aliphatic carbocycles. The van der Waals surface area contributed by atoms with E-state index in [1.165, 1.54) is 11.1 Å². The summed E-state index contributed by atoms with van der Waals surface area (Å²) in [5.74, 6) is 0.0518. The van der Waals surface area contributed by atoms with Crippen molar-refractivity contribution in [3.63, 3.8) is 0 Å². The Bertz CT molecular complexity index is 567. The van der Waals surface area contributed by atoms with E-state index >= 15 is 0 Å². The maximum absolute atomic E-state index is 12.1. The Labute approximate surface area is 135 Å². The maximum atomic E-state index is 12.1. The lowest BCUT2D eigenvalue weighted by molar-refractivity contribution is -0.155. The zero-order valence-electron chi connectivity index (χ0n) is 12.7. The van der Waals surface area contributed by atoms with Crippen LogP contribution in [0.1, 0.15) is 32.8 Å². The van der Waals surface area contributed by atoms with Gasteiger partial charge in [0, 0.05) is 4.47 Å². The number of ether oxygens (including phenoxy) is 1. The Balaban J connectivity index is 2.10. The molecule has 0 radical (unpaired) electrons. The second-order valence-corrected chi connectivity index (χ2v) is 6.73. The molecule has 1 aromatic carbocycles. The van der Waals surface area contributed by atoms with Gasteiger partial charge < -0.3 is 4.74 Å². The molecule has 0 N–H and O–H groups in total. The van der Waals surface area contributed by atoms with Crippen LogP contribution < -0.4 is 0 Å². The van der Waals surface area contributed by atoms with Gasteiger partial charge in [-0.2, -0.15) is 0 Å².